The summed E-state index contributed by atoms with van der Waals surface area (Å²) in [5.74, 6) is 0.142. The zero-order valence-corrected chi connectivity index (χ0v) is 10.1. The molecule has 0 aliphatic carbocycles. The summed E-state index contributed by atoms with van der Waals surface area (Å²) in [6, 6.07) is 0. The van der Waals surface area contributed by atoms with E-state index in [4.69, 9.17) is 0 Å². The Labute approximate surface area is 93.3 Å². The molecule has 0 aromatic rings. The van der Waals surface area contributed by atoms with Crippen molar-refractivity contribution in [3.8, 4) is 0 Å². The molecular weight excluding hydrogens is 186 g/mol. The number of carbonyl (C=O) groups is 1. The highest BCUT2D eigenvalue weighted by atomic mass is 16.1. The summed E-state index contributed by atoms with van der Waals surface area (Å²) in [6.45, 7) is 9.71. The first-order chi connectivity index (χ1) is 7.09. The molecule has 0 radical (unpaired) electrons. The monoisotopic (exact) mass is 209 g/mol. The normalized spacial score (nSPS) is 20.4. The number of hydrogen-bond donors (Lipinski definition) is 0. The molecule has 2 nitrogen and oxygen atoms in total. The molecule has 1 saturated heterocycles. The van der Waals surface area contributed by atoms with Crippen molar-refractivity contribution in [3.05, 3.63) is 12.7 Å². The van der Waals surface area contributed by atoms with Crippen LogP contribution in [0.3, 0.4) is 0 Å². The maximum absolute atomic E-state index is 11.8. The maximum Gasteiger partial charge on any atom is 0.174 e. The van der Waals surface area contributed by atoms with Gasteiger partial charge in [0, 0.05) is 0 Å². The summed E-state index contributed by atoms with van der Waals surface area (Å²) in [6.07, 6.45) is 7.84. The third kappa shape index (κ3) is 3.16. The van der Waals surface area contributed by atoms with Crippen molar-refractivity contribution in [1.29, 1.82) is 0 Å². The largest absolute Gasteiger partial charge is 0.293 e. The summed E-state index contributed by atoms with van der Waals surface area (Å²) in [7, 11) is 0. The van der Waals surface area contributed by atoms with Crippen LogP contribution < -0.4 is 0 Å². The van der Waals surface area contributed by atoms with E-state index in [0.717, 1.165) is 13.1 Å². The fourth-order valence-corrected chi connectivity index (χ4v) is 2.21. The molecular formula is C13H23NO. The van der Waals surface area contributed by atoms with Crippen LogP contribution in [0, 0.1) is 0 Å². The van der Waals surface area contributed by atoms with Crippen molar-refractivity contribution < 1.29 is 4.79 Å². The molecule has 2 heteroatoms. The van der Waals surface area contributed by atoms with Gasteiger partial charge in [0.15, 0.2) is 5.78 Å². The van der Waals surface area contributed by atoms with Gasteiger partial charge in [0.1, 0.15) is 0 Å². The number of hydrogen-bond acceptors (Lipinski definition) is 2. The minimum Gasteiger partial charge on any atom is -0.293 e. The standard InChI is InChI=1S/C13H23NO/c1-4-12(15)13(2,3)14-10-8-6-5-7-9-11-14/h4H,1,5-11H2,2-3H3. The third-order valence-electron chi connectivity index (χ3n) is 3.44. The first-order valence-corrected chi connectivity index (χ1v) is 6.01. The van der Waals surface area contributed by atoms with Gasteiger partial charge in [-0.25, -0.2) is 0 Å². The molecule has 0 spiro atoms. The Hall–Kier alpha value is -0.630. The summed E-state index contributed by atoms with van der Waals surface area (Å²) >= 11 is 0. The highest BCUT2D eigenvalue weighted by Crippen LogP contribution is 2.21. The van der Waals surface area contributed by atoms with Crippen LogP contribution in [-0.2, 0) is 4.79 Å². The van der Waals surface area contributed by atoms with E-state index in [0.29, 0.717) is 0 Å². The zero-order chi connectivity index (χ0) is 11.3. The van der Waals surface area contributed by atoms with Gasteiger partial charge < -0.3 is 0 Å². The quantitative estimate of drug-likeness (QED) is 0.666. The van der Waals surface area contributed by atoms with Crippen LogP contribution in [0.5, 0.6) is 0 Å². The molecule has 0 bridgehead atoms. The van der Waals surface area contributed by atoms with Crippen molar-refractivity contribution >= 4 is 5.78 Å². The van der Waals surface area contributed by atoms with Gasteiger partial charge in [-0.2, -0.15) is 0 Å². The molecule has 0 N–H and O–H groups in total. The Morgan fingerprint density at radius 2 is 1.60 bits per heavy atom. The van der Waals surface area contributed by atoms with Crippen LogP contribution >= 0.6 is 0 Å². The molecule has 15 heavy (non-hydrogen) atoms. The lowest BCUT2D eigenvalue weighted by atomic mass is 9.94. The number of carbonyl (C=O) groups excluding carboxylic acids is 1. The molecule has 0 amide bonds. The average molecular weight is 209 g/mol. The molecule has 1 fully saturated rings. The van der Waals surface area contributed by atoms with Crippen molar-refractivity contribution in [2.45, 2.75) is 51.5 Å². The average Bonchev–Trinajstić information content (AvgIpc) is 2.15. The molecule has 1 aliphatic rings. The molecule has 0 aromatic carbocycles. The van der Waals surface area contributed by atoms with Crippen molar-refractivity contribution in [2.24, 2.45) is 0 Å². The van der Waals surface area contributed by atoms with E-state index >= 15 is 0 Å². The van der Waals surface area contributed by atoms with Gasteiger partial charge in [-0.1, -0.05) is 25.8 Å². The first kappa shape index (κ1) is 12.4. The molecule has 0 unspecified atom stereocenters. The van der Waals surface area contributed by atoms with E-state index in [-0.39, 0.29) is 11.3 Å². The third-order valence-corrected chi connectivity index (χ3v) is 3.44. The molecule has 0 atom stereocenters. The molecule has 1 aliphatic heterocycles. The smallest absolute Gasteiger partial charge is 0.174 e. The SMILES string of the molecule is C=CC(=O)C(C)(C)N1CCCCCCC1. The second kappa shape index (κ2) is 5.45. The van der Waals surface area contributed by atoms with Gasteiger partial charge in [0.25, 0.3) is 0 Å². The number of ketones is 1. The van der Waals surface area contributed by atoms with Crippen LogP contribution in [0.1, 0.15) is 46.0 Å². The highest BCUT2D eigenvalue weighted by molar-refractivity contribution is 5.96. The summed E-state index contributed by atoms with van der Waals surface area (Å²) in [4.78, 5) is 14.1. The summed E-state index contributed by atoms with van der Waals surface area (Å²) < 4.78 is 0. The van der Waals surface area contributed by atoms with Gasteiger partial charge in [0.2, 0.25) is 0 Å². The lowest BCUT2D eigenvalue weighted by molar-refractivity contribution is -0.124. The number of likely N-dealkylation sites (tertiary alicyclic amines) is 1. The van der Waals surface area contributed by atoms with Crippen LogP contribution in [0.15, 0.2) is 12.7 Å². The Morgan fingerprint density at radius 3 is 2.07 bits per heavy atom. The molecule has 0 aromatic heterocycles. The van der Waals surface area contributed by atoms with Crippen LogP contribution in [0.4, 0.5) is 0 Å². The predicted octanol–water partition coefficient (Wildman–Crippen LogP) is 2.79. The summed E-state index contributed by atoms with van der Waals surface area (Å²) in [5, 5.41) is 0. The Morgan fingerprint density at radius 1 is 1.13 bits per heavy atom. The van der Waals surface area contributed by atoms with Crippen molar-refractivity contribution in [1.82, 2.24) is 4.90 Å². The van der Waals surface area contributed by atoms with E-state index in [9.17, 15) is 4.79 Å². The second-order valence-electron chi connectivity index (χ2n) is 4.88. The predicted molar refractivity (Wildman–Crippen MR) is 63.9 cm³/mol. The summed E-state index contributed by atoms with van der Waals surface area (Å²) in [5.41, 5.74) is -0.362. The fraction of sp³-hybridized carbons (Fsp3) is 0.769. The first-order valence-electron chi connectivity index (χ1n) is 6.01. The van der Waals surface area contributed by atoms with Gasteiger partial charge in [-0.3, -0.25) is 9.69 Å². The lowest BCUT2D eigenvalue weighted by Gasteiger charge is -2.37. The van der Waals surface area contributed by atoms with E-state index in [1.54, 1.807) is 0 Å². The lowest BCUT2D eigenvalue weighted by Crippen LogP contribution is -2.50. The van der Waals surface area contributed by atoms with Gasteiger partial charge in [-0.05, 0) is 45.9 Å². The topological polar surface area (TPSA) is 20.3 Å². The number of rotatable bonds is 3. The van der Waals surface area contributed by atoms with Crippen LogP contribution in [0.25, 0.3) is 0 Å². The van der Waals surface area contributed by atoms with Crippen LogP contribution in [-0.4, -0.2) is 29.3 Å². The van der Waals surface area contributed by atoms with Crippen LogP contribution in [0.2, 0.25) is 0 Å². The Bertz CT molecular complexity index is 225. The van der Waals surface area contributed by atoms with Crippen molar-refractivity contribution in [2.75, 3.05) is 13.1 Å². The molecule has 0 saturated carbocycles. The van der Waals surface area contributed by atoms with Crippen molar-refractivity contribution in [3.63, 3.8) is 0 Å². The minimum absolute atomic E-state index is 0.142. The van der Waals surface area contributed by atoms with E-state index in [1.807, 2.05) is 13.8 Å². The molecule has 1 rings (SSSR count). The minimum atomic E-state index is -0.362. The van der Waals surface area contributed by atoms with Gasteiger partial charge in [-0.15, -0.1) is 0 Å². The Balaban J connectivity index is 2.65. The van der Waals surface area contributed by atoms with Gasteiger partial charge in [0.05, 0.1) is 5.54 Å². The second-order valence-corrected chi connectivity index (χ2v) is 4.88. The fourth-order valence-electron chi connectivity index (χ4n) is 2.21. The Kier molecular flexibility index (Phi) is 4.52. The van der Waals surface area contributed by atoms with E-state index < -0.39 is 0 Å². The molecule has 86 valence electrons. The number of nitrogens with zero attached hydrogens (tertiary/aromatic N) is 1. The highest BCUT2D eigenvalue weighted by Gasteiger charge is 2.32. The van der Waals surface area contributed by atoms with Gasteiger partial charge >= 0.3 is 0 Å². The zero-order valence-electron chi connectivity index (χ0n) is 10.1. The van der Waals surface area contributed by atoms with E-state index in [1.165, 1.54) is 38.2 Å². The molecule has 1 heterocycles. The van der Waals surface area contributed by atoms with E-state index in [2.05, 4.69) is 11.5 Å². The maximum atomic E-state index is 11.8.